The van der Waals surface area contributed by atoms with E-state index in [0.717, 1.165) is 10.8 Å². The van der Waals surface area contributed by atoms with E-state index in [1.54, 1.807) is 24.3 Å². The standard InChI is InChI=1S/C22H21N3O4S/c1-25(2)12-16-13-28-19-10-9-18-20(21(19)29-16)22(24-23-18)30(26,27)17-8-7-14-5-3-4-6-15(14)11-17/h3-11,16H,12-13H2,1-2H3,(H,23,24)/t16-/m1/s1. The maximum atomic E-state index is 13.5. The second-order valence-electron chi connectivity index (χ2n) is 7.67. The van der Waals surface area contributed by atoms with Gasteiger partial charge in [-0.2, -0.15) is 5.10 Å². The highest BCUT2D eigenvalue weighted by molar-refractivity contribution is 7.91. The van der Waals surface area contributed by atoms with E-state index in [0.29, 0.717) is 35.6 Å². The molecular weight excluding hydrogens is 402 g/mol. The molecule has 0 bridgehead atoms. The second-order valence-corrected chi connectivity index (χ2v) is 9.55. The minimum Gasteiger partial charge on any atom is -0.486 e. The van der Waals surface area contributed by atoms with Gasteiger partial charge in [0.2, 0.25) is 9.84 Å². The van der Waals surface area contributed by atoms with Gasteiger partial charge in [-0.25, -0.2) is 8.42 Å². The van der Waals surface area contributed by atoms with Gasteiger partial charge in [0.05, 0.1) is 15.8 Å². The molecule has 1 aromatic heterocycles. The summed E-state index contributed by atoms with van der Waals surface area (Å²) in [6.07, 6.45) is -0.204. The maximum absolute atomic E-state index is 13.5. The van der Waals surface area contributed by atoms with Crippen LogP contribution in [0.1, 0.15) is 0 Å². The van der Waals surface area contributed by atoms with Gasteiger partial charge in [-0.1, -0.05) is 30.3 Å². The smallest absolute Gasteiger partial charge is 0.224 e. The zero-order chi connectivity index (χ0) is 20.9. The fourth-order valence-electron chi connectivity index (χ4n) is 3.79. The van der Waals surface area contributed by atoms with Gasteiger partial charge in [0.15, 0.2) is 16.5 Å². The third-order valence-electron chi connectivity index (χ3n) is 5.18. The lowest BCUT2D eigenvalue weighted by Gasteiger charge is -2.28. The van der Waals surface area contributed by atoms with E-state index in [-0.39, 0.29) is 16.0 Å². The van der Waals surface area contributed by atoms with Crippen LogP contribution in [0.3, 0.4) is 0 Å². The molecule has 7 nitrogen and oxygen atoms in total. The van der Waals surface area contributed by atoms with Crippen LogP contribution in [0.15, 0.2) is 64.5 Å². The average Bonchev–Trinajstić information content (AvgIpc) is 3.18. The van der Waals surface area contributed by atoms with Gasteiger partial charge >= 0.3 is 0 Å². The minimum absolute atomic E-state index is 0.0127. The monoisotopic (exact) mass is 423 g/mol. The molecular formula is C22H21N3O4S. The number of hydrogen-bond acceptors (Lipinski definition) is 6. The van der Waals surface area contributed by atoms with E-state index in [1.165, 1.54) is 0 Å². The fraction of sp³-hybridized carbons (Fsp3) is 0.227. The lowest BCUT2D eigenvalue weighted by Crippen LogP contribution is -2.38. The van der Waals surface area contributed by atoms with Crippen LogP contribution in [0, 0.1) is 0 Å². The van der Waals surface area contributed by atoms with Crippen molar-refractivity contribution >= 4 is 31.5 Å². The van der Waals surface area contributed by atoms with Gasteiger partial charge in [0.1, 0.15) is 12.7 Å². The van der Waals surface area contributed by atoms with Crippen LogP contribution in [0.25, 0.3) is 21.7 Å². The Labute approximate surface area is 174 Å². The topological polar surface area (TPSA) is 84.5 Å². The number of aromatic nitrogens is 2. The Morgan fingerprint density at radius 3 is 2.70 bits per heavy atom. The van der Waals surface area contributed by atoms with Crippen LogP contribution < -0.4 is 9.47 Å². The highest BCUT2D eigenvalue weighted by Gasteiger charge is 2.31. The van der Waals surface area contributed by atoms with Crippen molar-refractivity contribution in [2.45, 2.75) is 16.0 Å². The van der Waals surface area contributed by atoms with Crippen LogP contribution in [-0.2, 0) is 9.84 Å². The van der Waals surface area contributed by atoms with Crippen molar-refractivity contribution in [2.75, 3.05) is 27.2 Å². The Bertz CT molecular complexity index is 1360. The third-order valence-corrected chi connectivity index (χ3v) is 6.89. The normalized spacial score (nSPS) is 16.4. The van der Waals surface area contributed by atoms with Gasteiger partial charge in [0, 0.05) is 6.54 Å². The SMILES string of the molecule is CN(C)C[C@@H]1COc2ccc3n[nH]c(S(=O)(=O)c4ccc5ccccc5c4)c3c2O1. The zero-order valence-corrected chi connectivity index (χ0v) is 17.4. The molecule has 0 fully saturated rings. The summed E-state index contributed by atoms with van der Waals surface area (Å²) < 4.78 is 39.1. The number of benzene rings is 3. The Morgan fingerprint density at radius 1 is 1.10 bits per heavy atom. The summed E-state index contributed by atoms with van der Waals surface area (Å²) in [5.41, 5.74) is 0.516. The highest BCUT2D eigenvalue weighted by Crippen LogP contribution is 2.42. The van der Waals surface area contributed by atoms with Gasteiger partial charge in [-0.15, -0.1) is 0 Å². The van der Waals surface area contributed by atoms with Crippen LogP contribution in [0.2, 0.25) is 0 Å². The maximum Gasteiger partial charge on any atom is 0.224 e. The minimum atomic E-state index is -3.85. The molecule has 0 aliphatic carbocycles. The molecule has 8 heteroatoms. The molecule has 0 radical (unpaired) electrons. The van der Waals surface area contributed by atoms with E-state index in [4.69, 9.17) is 9.47 Å². The largest absolute Gasteiger partial charge is 0.486 e. The third kappa shape index (κ3) is 3.09. The van der Waals surface area contributed by atoms with Crippen LogP contribution >= 0.6 is 0 Å². The molecule has 2 heterocycles. The number of nitrogens with zero attached hydrogens (tertiary/aromatic N) is 2. The van der Waals surface area contributed by atoms with Crippen molar-refractivity contribution in [1.82, 2.24) is 15.1 Å². The first-order valence-electron chi connectivity index (χ1n) is 9.62. The molecule has 4 aromatic rings. The Morgan fingerprint density at radius 2 is 1.90 bits per heavy atom. The van der Waals surface area contributed by atoms with E-state index in [9.17, 15) is 8.42 Å². The molecule has 154 valence electrons. The van der Waals surface area contributed by atoms with Gasteiger partial charge < -0.3 is 14.4 Å². The Balaban J connectivity index is 1.65. The summed E-state index contributed by atoms with van der Waals surface area (Å²) in [7, 11) is 0.0509. The summed E-state index contributed by atoms with van der Waals surface area (Å²) in [5.74, 6) is 0.938. The van der Waals surface area contributed by atoms with Crippen molar-refractivity contribution < 1.29 is 17.9 Å². The first-order chi connectivity index (χ1) is 14.4. The van der Waals surface area contributed by atoms with Gasteiger partial charge in [0.25, 0.3) is 0 Å². The van der Waals surface area contributed by atoms with Crippen molar-refractivity contribution in [3.63, 3.8) is 0 Å². The number of ether oxygens (including phenoxy) is 2. The Hall–Kier alpha value is -3.10. The molecule has 30 heavy (non-hydrogen) atoms. The van der Waals surface area contributed by atoms with E-state index in [2.05, 4.69) is 10.2 Å². The fourth-order valence-corrected chi connectivity index (χ4v) is 5.19. The summed E-state index contributed by atoms with van der Waals surface area (Å²) >= 11 is 0. The van der Waals surface area contributed by atoms with Crippen molar-refractivity contribution in [2.24, 2.45) is 0 Å². The number of sulfone groups is 1. The van der Waals surface area contributed by atoms with E-state index >= 15 is 0 Å². The lowest BCUT2D eigenvalue weighted by molar-refractivity contribution is 0.0727. The predicted molar refractivity (Wildman–Crippen MR) is 114 cm³/mol. The van der Waals surface area contributed by atoms with Crippen molar-refractivity contribution in [3.8, 4) is 11.5 Å². The molecule has 1 N–H and O–H groups in total. The van der Waals surface area contributed by atoms with Gasteiger partial charge in [-0.3, -0.25) is 5.10 Å². The quantitative estimate of drug-likeness (QED) is 0.542. The number of likely N-dealkylation sites (N-methyl/N-ethyl adjacent to an activating group) is 1. The summed E-state index contributed by atoms with van der Waals surface area (Å²) in [4.78, 5) is 2.20. The van der Waals surface area contributed by atoms with E-state index < -0.39 is 9.84 Å². The molecule has 0 saturated heterocycles. The molecule has 0 unspecified atom stereocenters. The number of rotatable bonds is 4. The summed E-state index contributed by atoms with van der Waals surface area (Å²) in [5, 5.41) is 9.21. The van der Waals surface area contributed by atoms with Crippen LogP contribution in [-0.4, -0.2) is 56.9 Å². The highest BCUT2D eigenvalue weighted by atomic mass is 32.2. The molecule has 1 aliphatic heterocycles. The number of H-pyrrole nitrogens is 1. The average molecular weight is 423 g/mol. The molecule has 1 atom stereocenters. The summed E-state index contributed by atoms with van der Waals surface area (Å²) in [6.45, 7) is 1.06. The zero-order valence-electron chi connectivity index (χ0n) is 16.6. The Kier molecular flexibility index (Phi) is 4.41. The molecule has 0 spiro atoms. The molecule has 5 rings (SSSR count). The second kappa shape index (κ2) is 7.00. The van der Waals surface area contributed by atoms with Crippen LogP contribution in [0.5, 0.6) is 11.5 Å². The van der Waals surface area contributed by atoms with Crippen molar-refractivity contribution in [1.29, 1.82) is 0 Å². The van der Waals surface area contributed by atoms with Gasteiger partial charge in [-0.05, 0) is 49.1 Å². The summed E-state index contributed by atoms with van der Waals surface area (Å²) in [6, 6.07) is 16.3. The first kappa shape index (κ1) is 18.9. The molecule has 1 aliphatic rings. The molecule has 0 amide bonds. The number of hydrogen-bond donors (Lipinski definition) is 1. The molecule has 0 saturated carbocycles. The van der Waals surface area contributed by atoms with Crippen molar-refractivity contribution in [3.05, 3.63) is 54.6 Å². The molecule has 3 aromatic carbocycles. The predicted octanol–water partition coefficient (Wildman–Crippen LogP) is 3.25. The lowest BCUT2D eigenvalue weighted by atomic mass is 10.1. The van der Waals surface area contributed by atoms with E-state index in [1.807, 2.05) is 49.3 Å². The number of aromatic amines is 1. The number of fused-ring (bicyclic) bond motifs is 4. The number of nitrogens with one attached hydrogen (secondary N) is 1. The first-order valence-corrected chi connectivity index (χ1v) is 11.1. The van der Waals surface area contributed by atoms with Crippen LogP contribution in [0.4, 0.5) is 0 Å².